The molecular formula is C25H35N3O7S. The molecule has 2 N–H and O–H groups in total. The normalized spacial score (nSPS) is 13.9. The second-order valence-corrected chi connectivity index (χ2v) is 11.9. The first-order valence-corrected chi connectivity index (χ1v) is 13.1. The Labute approximate surface area is 212 Å². The lowest BCUT2D eigenvalue weighted by molar-refractivity contribution is -0.384. The van der Waals surface area contributed by atoms with Crippen LogP contribution in [-0.4, -0.2) is 59.7 Å². The van der Waals surface area contributed by atoms with Crippen LogP contribution in [0.4, 0.5) is 10.5 Å². The van der Waals surface area contributed by atoms with Crippen molar-refractivity contribution < 1.29 is 28.0 Å². The van der Waals surface area contributed by atoms with Crippen molar-refractivity contribution in [1.29, 1.82) is 0 Å². The van der Waals surface area contributed by atoms with Crippen molar-refractivity contribution in [3.05, 3.63) is 70.3 Å². The molecule has 0 aliphatic rings. The highest BCUT2D eigenvalue weighted by atomic mass is 32.2. The van der Waals surface area contributed by atoms with Crippen LogP contribution < -0.4 is 5.32 Å². The molecule has 1 amide bonds. The van der Waals surface area contributed by atoms with Crippen molar-refractivity contribution in [3.63, 3.8) is 0 Å². The fraction of sp³-hybridized carbons (Fsp3) is 0.480. The zero-order chi connectivity index (χ0) is 27.1. The third-order valence-corrected chi connectivity index (χ3v) is 6.96. The highest BCUT2D eigenvalue weighted by Gasteiger charge is 2.32. The lowest BCUT2D eigenvalue weighted by atomic mass is 10.0. The number of sulfonamides is 1. The summed E-state index contributed by atoms with van der Waals surface area (Å²) in [5.74, 6) is -0.0728. The SMILES string of the molecule is CC(C)CN(C[C@H](O)C(Cc1ccccc1)NC(=O)OC(C)(C)C)S(=O)(=O)c1ccc([N+](=O)[O-])cc1. The number of alkyl carbamates (subject to hydrolysis) is 1. The van der Waals surface area contributed by atoms with Gasteiger partial charge in [-0.1, -0.05) is 44.2 Å². The molecule has 0 aromatic heterocycles. The minimum absolute atomic E-state index is 0.0728. The molecule has 0 spiro atoms. The number of benzene rings is 2. The van der Waals surface area contributed by atoms with Crippen molar-refractivity contribution in [2.45, 2.75) is 63.7 Å². The zero-order valence-electron chi connectivity index (χ0n) is 21.2. The third kappa shape index (κ3) is 8.89. The van der Waals surface area contributed by atoms with Crippen molar-refractivity contribution in [2.75, 3.05) is 13.1 Å². The number of nitrogens with zero attached hydrogens (tertiary/aromatic N) is 2. The monoisotopic (exact) mass is 521 g/mol. The van der Waals surface area contributed by atoms with Crippen LogP contribution in [0, 0.1) is 16.0 Å². The molecule has 2 aromatic rings. The van der Waals surface area contributed by atoms with E-state index in [0.29, 0.717) is 0 Å². The van der Waals surface area contributed by atoms with Crippen LogP contribution in [0.15, 0.2) is 59.5 Å². The molecule has 2 rings (SSSR count). The predicted molar refractivity (Wildman–Crippen MR) is 136 cm³/mol. The van der Waals surface area contributed by atoms with E-state index in [1.54, 1.807) is 20.8 Å². The van der Waals surface area contributed by atoms with E-state index in [0.717, 1.165) is 22.0 Å². The van der Waals surface area contributed by atoms with Gasteiger partial charge in [0.05, 0.1) is 22.0 Å². The first-order chi connectivity index (χ1) is 16.7. The van der Waals surface area contributed by atoms with Crippen molar-refractivity contribution >= 4 is 21.8 Å². The number of amides is 1. The van der Waals surface area contributed by atoms with E-state index in [1.807, 2.05) is 44.2 Å². The third-order valence-electron chi connectivity index (χ3n) is 5.11. The van der Waals surface area contributed by atoms with Crippen LogP contribution in [0.1, 0.15) is 40.2 Å². The number of hydrogen-bond acceptors (Lipinski definition) is 7. The molecule has 36 heavy (non-hydrogen) atoms. The number of rotatable bonds is 11. The Morgan fingerprint density at radius 3 is 2.17 bits per heavy atom. The summed E-state index contributed by atoms with van der Waals surface area (Å²) >= 11 is 0. The molecule has 0 aliphatic carbocycles. The number of nitrogens with one attached hydrogen (secondary N) is 1. The number of non-ortho nitro benzene ring substituents is 1. The number of aliphatic hydroxyl groups is 1. The molecule has 0 aliphatic heterocycles. The van der Waals surface area contributed by atoms with Crippen molar-refractivity contribution in [3.8, 4) is 0 Å². The maximum absolute atomic E-state index is 13.4. The largest absolute Gasteiger partial charge is 0.444 e. The van der Waals surface area contributed by atoms with Gasteiger partial charge in [-0.3, -0.25) is 10.1 Å². The highest BCUT2D eigenvalue weighted by molar-refractivity contribution is 7.89. The molecule has 0 fully saturated rings. The second-order valence-electron chi connectivity index (χ2n) is 9.98. The standard InChI is InChI=1S/C25H35N3O7S/c1-18(2)16-27(36(33,34)21-13-11-20(12-14-21)28(31)32)17-23(29)22(15-19-9-7-6-8-10-19)26-24(30)35-25(3,4)5/h6-14,18,22-23,29H,15-17H2,1-5H3,(H,26,30)/t22?,23-/m0/s1. The molecule has 2 atom stereocenters. The van der Waals surface area contributed by atoms with Gasteiger partial charge >= 0.3 is 6.09 Å². The molecule has 10 nitrogen and oxygen atoms in total. The average Bonchev–Trinajstić information content (AvgIpc) is 2.77. The van der Waals surface area contributed by atoms with Gasteiger partial charge in [-0.15, -0.1) is 0 Å². The lowest BCUT2D eigenvalue weighted by Crippen LogP contribution is -2.51. The first-order valence-electron chi connectivity index (χ1n) is 11.6. The summed E-state index contributed by atoms with van der Waals surface area (Å²) in [4.78, 5) is 22.7. The number of carbonyl (C=O) groups is 1. The van der Waals surface area contributed by atoms with Gasteiger partial charge in [-0.05, 0) is 50.8 Å². The van der Waals surface area contributed by atoms with Gasteiger partial charge in [0.2, 0.25) is 10.0 Å². The Morgan fingerprint density at radius 2 is 1.67 bits per heavy atom. The summed E-state index contributed by atoms with van der Waals surface area (Å²) in [6.45, 7) is 8.63. The summed E-state index contributed by atoms with van der Waals surface area (Å²) in [6.07, 6.45) is -1.76. The number of nitro groups is 1. The minimum atomic E-state index is -4.09. The molecule has 1 unspecified atom stereocenters. The molecule has 0 radical (unpaired) electrons. The molecule has 11 heteroatoms. The van der Waals surface area contributed by atoms with Gasteiger partial charge in [0.1, 0.15) is 5.60 Å². The van der Waals surface area contributed by atoms with Gasteiger partial charge < -0.3 is 15.2 Å². The van der Waals surface area contributed by atoms with E-state index in [9.17, 15) is 28.4 Å². The molecule has 198 valence electrons. The number of hydrogen-bond donors (Lipinski definition) is 2. The first kappa shape index (κ1) is 29.2. The molecule has 2 aromatic carbocycles. The van der Waals surface area contributed by atoms with Gasteiger partial charge in [0.15, 0.2) is 0 Å². The smallest absolute Gasteiger partial charge is 0.407 e. The Morgan fingerprint density at radius 1 is 1.08 bits per heavy atom. The van der Waals surface area contributed by atoms with Crippen LogP contribution in [0.3, 0.4) is 0 Å². The van der Waals surface area contributed by atoms with Gasteiger partial charge in [0, 0.05) is 25.2 Å². The quantitative estimate of drug-likeness (QED) is 0.339. The van der Waals surface area contributed by atoms with Crippen LogP contribution in [0.2, 0.25) is 0 Å². The Kier molecular flexibility index (Phi) is 9.97. The Hall–Kier alpha value is -3.02. The fourth-order valence-corrected chi connectivity index (χ4v) is 5.13. The molecule has 0 saturated carbocycles. The van der Waals surface area contributed by atoms with Crippen molar-refractivity contribution in [1.82, 2.24) is 9.62 Å². The molecular weight excluding hydrogens is 486 g/mol. The van der Waals surface area contributed by atoms with Gasteiger partial charge in [0.25, 0.3) is 5.69 Å². The topological polar surface area (TPSA) is 139 Å². The van der Waals surface area contributed by atoms with Gasteiger partial charge in [-0.2, -0.15) is 4.31 Å². The maximum Gasteiger partial charge on any atom is 0.407 e. The van der Waals surface area contributed by atoms with E-state index >= 15 is 0 Å². The molecule has 0 saturated heterocycles. The maximum atomic E-state index is 13.4. The number of ether oxygens (including phenoxy) is 1. The summed E-state index contributed by atoms with van der Waals surface area (Å²) < 4.78 is 33.3. The van der Waals surface area contributed by atoms with E-state index in [-0.39, 0.29) is 36.0 Å². The lowest BCUT2D eigenvalue weighted by Gasteiger charge is -2.31. The predicted octanol–water partition coefficient (Wildman–Crippen LogP) is 3.74. The Balaban J connectivity index is 2.33. The number of nitro benzene ring substituents is 1. The summed E-state index contributed by atoms with van der Waals surface area (Å²) in [6, 6.07) is 12.9. The van der Waals surface area contributed by atoms with E-state index in [2.05, 4.69) is 5.32 Å². The van der Waals surface area contributed by atoms with Crippen molar-refractivity contribution in [2.24, 2.45) is 5.92 Å². The zero-order valence-corrected chi connectivity index (χ0v) is 22.1. The summed E-state index contributed by atoms with van der Waals surface area (Å²) in [5.41, 5.74) is -0.143. The average molecular weight is 522 g/mol. The van der Waals surface area contributed by atoms with Gasteiger partial charge in [-0.25, -0.2) is 13.2 Å². The second kappa shape index (κ2) is 12.3. The van der Waals surface area contributed by atoms with Crippen LogP contribution in [-0.2, 0) is 21.2 Å². The minimum Gasteiger partial charge on any atom is -0.444 e. The number of aliphatic hydroxyl groups excluding tert-OH is 1. The Bertz CT molecular complexity index is 1110. The van der Waals surface area contributed by atoms with E-state index in [1.165, 1.54) is 12.1 Å². The number of carbonyl (C=O) groups excluding carboxylic acids is 1. The van der Waals surface area contributed by atoms with E-state index < -0.39 is 38.8 Å². The fourth-order valence-electron chi connectivity index (χ4n) is 3.51. The summed E-state index contributed by atoms with van der Waals surface area (Å²) in [7, 11) is -4.09. The summed E-state index contributed by atoms with van der Waals surface area (Å²) in [5, 5.41) is 24.8. The highest BCUT2D eigenvalue weighted by Crippen LogP contribution is 2.22. The van der Waals surface area contributed by atoms with Crippen LogP contribution in [0.5, 0.6) is 0 Å². The molecule has 0 bridgehead atoms. The van der Waals surface area contributed by atoms with E-state index in [4.69, 9.17) is 4.74 Å². The van der Waals surface area contributed by atoms with Crippen LogP contribution >= 0.6 is 0 Å². The van der Waals surface area contributed by atoms with Crippen LogP contribution in [0.25, 0.3) is 0 Å². The molecule has 0 heterocycles.